The summed E-state index contributed by atoms with van der Waals surface area (Å²) in [4.78, 5) is 37.3. The Bertz CT molecular complexity index is 1380. The molecule has 32 heavy (non-hydrogen) atoms. The first kappa shape index (κ1) is 21.1. The summed E-state index contributed by atoms with van der Waals surface area (Å²) >= 11 is 1.58. The predicted octanol–water partition coefficient (Wildman–Crippen LogP) is 4.23. The van der Waals surface area contributed by atoms with E-state index in [4.69, 9.17) is 0 Å². The summed E-state index contributed by atoms with van der Waals surface area (Å²) in [5.74, 6) is -1.42. The lowest BCUT2D eigenvalue weighted by molar-refractivity contribution is -0.424. The van der Waals surface area contributed by atoms with Crippen molar-refractivity contribution in [1.82, 2.24) is 14.8 Å². The number of anilines is 1. The van der Waals surface area contributed by atoms with Crippen LogP contribution < -0.4 is 5.32 Å². The molecule has 11 nitrogen and oxygen atoms in total. The van der Waals surface area contributed by atoms with Crippen LogP contribution in [0, 0.1) is 34.1 Å². The van der Waals surface area contributed by atoms with Gasteiger partial charge in [0, 0.05) is 11.3 Å². The highest BCUT2D eigenvalue weighted by Crippen LogP contribution is 2.31. The number of hydrogen-bond acceptors (Lipinski definition) is 8. The zero-order chi connectivity index (χ0) is 23.0. The van der Waals surface area contributed by atoms with Crippen molar-refractivity contribution in [2.75, 3.05) is 5.32 Å². The summed E-state index contributed by atoms with van der Waals surface area (Å²) < 4.78 is 2.04. The Labute approximate surface area is 184 Å². The maximum Gasteiger partial charge on any atom is 0.468 e. The lowest BCUT2D eigenvalue weighted by Gasteiger charge is -2.05. The first-order valence-corrected chi connectivity index (χ1v) is 10.2. The number of aromatic nitrogens is 3. The van der Waals surface area contributed by atoms with Gasteiger partial charge in [-0.15, -0.1) is 11.3 Å². The number of rotatable bonds is 6. The Morgan fingerprint density at radius 3 is 2.44 bits per heavy atom. The van der Waals surface area contributed by atoms with Gasteiger partial charge in [-0.05, 0) is 60.7 Å². The fraction of sp³-hybridized carbons (Fsp3) is 0.150. The minimum absolute atomic E-state index is 0.0710. The number of aryl methyl sites for hydroxylation is 1. The molecular weight excluding hydrogens is 436 g/mol. The van der Waals surface area contributed by atoms with Crippen molar-refractivity contribution in [2.24, 2.45) is 0 Å². The van der Waals surface area contributed by atoms with Crippen LogP contribution in [-0.4, -0.2) is 30.5 Å². The lowest BCUT2D eigenvalue weighted by atomic mass is 10.2. The highest BCUT2D eigenvalue weighted by molar-refractivity contribution is 7.21. The Morgan fingerprint density at radius 2 is 1.81 bits per heavy atom. The fourth-order valence-electron chi connectivity index (χ4n) is 3.20. The van der Waals surface area contributed by atoms with E-state index >= 15 is 0 Å². The van der Waals surface area contributed by atoms with E-state index in [2.05, 4.69) is 21.5 Å². The summed E-state index contributed by atoms with van der Waals surface area (Å²) in [6.07, 6.45) is 0. The summed E-state index contributed by atoms with van der Waals surface area (Å²) in [5.41, 5.74) is 2.69. The molecule has 0 atom stereocenters. The Morgan fingerprint density at radius 1 is 1.09 bits per heavy atom. The normalized spacial score (nSPS) is 10.9. The van der Waals surface area contributed by atoms with E-state index in [1.54, 1.807) is 23.5 Å². The first-order valence-electron chi connectivity index (χ1n) is 9.36. The van der Waals surface area contributed by atoms with Crippen LogP contribution >= 0.6 is 11.3 Å². The molecule has 0 radical (unpaired) electrons. The van der Waals surface area contributed by atoms with Crippen LogP contribution in [0.4, 0.5) is 17.2 Å². The molecule has 0 unspecified atom stereocenters. The monoisotopic (exact) mass is 452 g/mol. The van der Waals surface area contributed by atoms with Crippen LogP contribution in [0.25, 0.3) is 20.8 Å². The van der Waals surface area contributed by atoms with Crippen LogP contribution in [0.5, 0.6) is 0 Å². The first-order chi connectivity index (χ1) is 15.2. The third kappa shape index (κ3) is 4.03. The summed E-state index contributed by atoms with van der Waals surface area (Å²) in [6.45, 7) is 2.93. The molecule has 4 rings (SSSR count). The molecule has 0 spiro atoms. The number of carbonyl (C=O) groups excluding carboxylic acids is 1. The van der Waals surface area contributed by atoms with E-state index in [0.717, 1.165) is 31.0 Å². The number of nitro groups is 2. The molecule has 0 bridgehead atoms. The number of amides is 1. The van der Waals surface area contributed by atoms with Crippen molar-refractivity contribution in [3.63, 3.8) is 0 Å². The topological polar surface area (TPSA) is 146 Å². The molecule has 0 fully saturated rings. The molecule has 2 heterocycles. The van der Waals surface area contributed by atoms with Gasteiger partial charge >= 0.3 is 11.5 Å². The fourth-order valence-corrected chi connectivity index (χ4v) is 4.27. The zero-order valence-corrected chi connectivity index (χ0v) is 17.8. The molecule has 4 aromatic rings. The number of thiazole rings is 1. The van der Waals surface area contributed by atoms with Gasteiger partial charge in [0.1, 0.15) is 17.2 Å². The van der Waals surface area contributed by atoms with Gasteiger partial charge in [-0.25, -0.2) is 4.98 Å². The molecule has 0 saturated heterocycles. The van der Waals surface area contributed by atoms with Gasteiger partial charge in [-0.1, -0.05) is 6.07 Å². The minimum atomic E-state index is -0.943. The summed E-state index contributed by atoms with van der Waals surface area (Å²) in [7, 11) is 0. The van der Waals surface area contributed by atoms with Gasteiger partial charge < -0.3 is 15.4 Å². The molecule has 0 saturated carbocycles. The Hall–Kier alpha value is -4.19. The molecule has 12 heteroatoms. The van der Waals surface area contributed by atoms with Crippen molar-refractivity contribution in [1.29, 1.82) is 0 Å². The Kier molecular flexibility index (Phi) is 5.36. The van der Waals surface area contributed by atoms with E-state index in [0.29, 0.717) is 5.69 Å². The van der Waals surface area contributed by atoms with E-state index in [9.17, 15) is 25.0 Å². The van der Waals surface area contributed by atoms with E-state index in [1.807, 2.05) is 31.2 Å². The Balaban J connectivity index is 1.49. The SMILES string of the molecule is Cc1ccc2nc(-c3ccc(NC(=O)Cn4nc([N+](=O)[O-])c([N+](=O)[O-])c4C)cc3)sc2c1. The smallest absolute Gasteiger partial charge is 0.358 e. The van der Waals surface area contributed by atoms with Gasteiger partial charge in [0.05, 0.1) is 20.2 Å². The highest BCUT2D eigenvalue weighted by atomic mass is 32.1. The second-order valence-electron chi connectivity index (χ2n) is 7.05. The molecule has 0 aliphatic rings. The molecule has 2 aromatic heterocycles. The number of nitrogens with zero attached hydrogens (tertiary/aromatic N) is 5. The van der Waals surface area contributed by atoms with Crippen molar-refractivity contribution in [3.8, 4) is 10.6 Å². The van der Waals surface area contributed by atoms with Gasteiger partial charge in [0.25, 0.3) is 0 Å². The maximum absolute atomic E-state index is 12.4. The van der Waals surface area contributed by atoms with Gasteiger partial charge in [0.15, 0.2) is 0 Å². The van der Waals surface area contributed by atoms with Gasteiger partial charge in [-0.3, -0.25) is 14.9 Å². The molecule has 1 N–H and O–H groups in total. The largest absolute Gasteiger partial charge is 0.468 e. The average molecular weight is 452 g/mol. The lowest BCUT2D eigenvalue weighted by Crippen LogP contribution is -2.20. The molecule has 0 aliphatic carbocycles. The standard InChI is InChI=1S/C20H16N6O5S/c1-11-3-8-15-16(9-11)32-20(22-15)13-4-6-14(7-5-13)21-17(27)10-24-12(2)18(25(28)29)19(23-24)26(30)31/h3-9H,10H2,1-2H3,(H,21,27). The summed E-state index contributed by atoms with van der Waals surface area (Å²) in [5, 5.41) is 29.2. The number of carbonyl (C=O) groups is 1. The van der Waals surface area contributed by atoms with Crippen LogP contribution in [0.3, 0.4) is 0 Å². The third-order valence-electron chi connectivity index (χ3n) is 4.77. The quantitative estimate of drug-likeness (QED) is 0.340. The van der Waals surface area contributed by atoms with Crippen molar-refractivity contribution >= 4 is 44.7 Å². The van der Waals surface area contributed by atoms with Gasteiger partial charge in [0.2, 0.25) is 5.91 Å². The highest BCUT2D eigenvalue weighted by Gasteiger charge is 2.35. The van der Waals surface area contributed by atoms with Crippen LogP contribution in [0.2, 0.25) is 0 Å². The molecule has 2 aromatic carbocycles. The van der Waals surface area contributed by atoms with Crippen LogP contribution in [-0.2, 0) is 11.3 Å². The number of hydrogen-bond donors (Lipinski definition) is 1. The number of benzene rings is 2. The number of fused-ring (bicyclic) bond motifs is 1. The minimum Gasteiger partial charge on any atom is -0.358 e. The van der Waals surface area contributed by atoms with Crippen molar-refractivity contribution < 1.29 is 14.6 Å². The predicted molar refractivity (Wildman–Crippen MR) is 119 cm³/mol. The molecule has 162 valence electrons. The maximum atomic E-state index is 12.4. The van der Waals surface area contributed by atoms with Crippen molar-refractivity contribution in [3.05, 3.63) is 74.0 Å². The van der Waals surface area contributed by atoms with Crippen LogP contribution in [0.1, 0.15) is 11.3 Å². The van der Waals surface area contributed by atoms with E-state index in [-0.39, 0.29) is 5.69 Å². The summed E-state index contributed by atoms with van der Waals surface area (Å²) in [6, 6.07) is 13.2. The molecule has 0 aliphatic heterocycles. The van der Waals surface area contributed by atoms with Crippen molar-refractivity contribution in [2.45, 2.75) is 20.4 Å². The molecular formula is C20H16N6O5S. The average Bonchev–Trinajstić information content (AvgIpc) is 3.29. The van der Waals surface area contributed by atoms with Crippen LogP contribution in [0.15, 0.2) is 42.5 Å². The second-order valence-corrected chi connectivity index (χ2v) is 8.08. The van der Waals surface area contributed by atoms with E-state index < -0.39 is 33.8 Å². The van der Waals surface area contributed by atoms with Gasteiger partial charge in [-0.2, -0.15) is 4.68 Å². The number of nitrogens with one attached hydrogen (secondary N) is 1. The molecule has 1 amide bonds. The third-order valence-corrected chi connectivity index (χ3v) is 5.83. The van der Waals surface area contributed by atoms with E-state index in [1.165, 1.54) is 6.92 Å². The second kappa shape index (κ2) is 8.15. The zero-order valence-electron chi connectivity index (χ0n) is 16.9.